The minimum Gasteiger partial charge on any atom is -0.493 e. The molecule has 1 saturated heterocycles. The molecule has 0 atom stereocenters. The number of nitriles is 1. The number of methoxy groups -OCH3 is 2. The molecule has 6 heteroatoms. The van der Waals surface area contributed by atoms with Crippen molar-refractivity contribution in [1.82, 2.24) is 4.90 Å². The Balaban J connectivity index is 1.95. The molecule has 0 unspecified atom stereocenters. The van der Waals surface area contributed by atoms with Crippen LogP contribution < -0.4 is 14.2 Å². The Hall–Kier alpha value is -2.65. The zero-order chi connectivity index (χ0) is 17.6. The predicted molar refractivity (Wildman–Crippen MR) is 93.9 cm³/mol. The van der Waals surface area contributed by atoms with Gasteiger partial charge in [-0.3, -0.25) is 0 Å². The van der Waals surface area contributed by atoms with Gasteiger partial charge < -0.3 is 23.8 Å². The Morgan fingerprint density at radius 3 is 2.80 bits per heavy atom. The first-order valence-electron chi connectivity index (χ1n) is 8.26. The second-order valence-corrected chi connectivity index (χ2v) is 5.82. The zero-order valence-corrected chi connectivity index (χ0v) is 14.6. The highest BCUT2D eigenvalue weighted by Gasteiger charge is 2.22. The summed E-state index contributed by atoms with van der Waals surface area (Å²) in [7, 11) is 3.19. The highest BCUT2D eigenvalue weighted by atomic mass is 16.5. The molecule has 2 heterocycles. The maximum atomic E-state index is 9.57. The van der Waals surface area contributed by atoms with Crippen LogP contribution in [-0.2, 0) is 11.2 Å². The molecule has 6 nitrogen and oxygen atoms in total. The van der Waals surface area contributed by atoms with Gasteiger partial charge in [0.15, 0.2) is 11.5 Å². The Labute approximate surface area is 147 Å². The Morgan fingerprint density at radius 2 is 2.12 bits per heavy atom. The highest BCUT2D eigenvalue weighted by molar-refractivity contribution is 5.71. The number of ether oxygens (including phenoxy) is 4. The first kappa shape index (κ1) is 17.2. The molecule has 0 aliphatic carbocycles. The second-order valence-electron chi connectivity index (χ2n) is 5.82. The summed E-state index contributed by atoms with van der Waals surface area (Å²) in [6.45, 7) is 3.48. The fourth-order valence-corrected chi connectivity index (χ4v) is 3.04. The number of fused-ring (bicyclic) bond motifs is 1. The van der Waals surface area contributed by atoms with Crippen LogP contribution in [0.4, 0.5) is 0 Å². The van der Waals surface area contributed by atoms with Gasteiger partial charge in [-0.1, -0.05) is 6.08 Å². The Bertz CT molecular complexity index is 728. The molecule has 2 aliphatic rings. The van der Waals surface area contributed by atoms with Gasteiger partial charge in [-0.2, -0.15) is 5.26 Å². The van der Waals surface area contributed by atoms with E-state index in [4.69, 9.17) is 18.9 Å². The standard InChI is InChI=1S/C19H22N2O4/c1-22-17-11-15(16-4-3-7-25-18(16)19(17)23-2)10-14(12-20)13-21-5-8-24-9-6-21/h3-4,11,13H,5-10H2,1-2H3. The van der Waals surface area contributed by atoms with Crippen molar-refractivity contribution in [2.24, 2.45) is 0 Å². The average molecular weight is 342 g/mol. The number of nitrogens with zero attached hydrogens (tertiary/aromatic N) is 2. The topological polar surface area (TPSA) is 64.0 Å². The number of hydrogen-bond donors (Lipinski definition) is 0. The van der Waals surface area contributed by atoms with Crippen LogP contribution in [0.1, 0.15) is 11.1 Å². The monoisotopic (exact) mass is 342 g/mol. The molecule has 132 valence electrons. The average Bonchev–Trinajstić information content (AvgIpc) is 2.67. The van der Waals surface area contributed by atoms with E-state index in [2.05, 4.69) is 11.0 Å². The van der Waals surface area contributed by atoms with E-state index in [0.717, 1.165) is 24.2 Å². The molecule has 25 heavy (non-hydrogen) atoms. The van der Waals surface area contributed by atoms with Crippen molar-refractivity contribution in [3.63, 3.8) is 0 Å². The third kappa shape index (κ3) is 3.72. The minimum atomic E-state index is 0.491. The summed E-state index contributed by atoms with van der Waals surface area (Å²) in [6, 6.07) is 4.23. The van der Waals surface area contributed by atoms with Crippen LogP contribution in [0.3, 0.4) is 0 Å². The van der Waals surface area contributed by atoms with Gasteiger partial charge in [0.25, 0.3) is 0 Å². The van der Waals surface area contributed by atoms with Crippen molar-refractivity contribution in [1.29, 1.82) is 5.26 Å². The third-order valence-corrected chi connectivity index (χ3v) is 4.27. The summed E-state index contributed by atoms with van der Waals surface area (Å²) in [6.07, 6.45) is 6.40. The molecule has 0 saturated carbocycles. The highest BCUT2D eigenvalue weighted by Crippen LogP contribution is 2.44. The van der Waals surface area contributed by atoms with Crippen LogP contribution in [-0.4, -0.2) is 52.0 Å². The Morgan fingerprint density at radius 1 is 1.32 bits per heavy atom. The van der Waals surface area contributed by atoms with Gasteiger partial charge in [-0.15, -0.1) is 0 Å². The van der Waals surface area contributed by atoms with Crippen molar-refractivity contribution >= 4 is 6.08 Å². The molecule has 0 radical (unpaired) electrons. The minimum absolute atomic E-state index is 0.491. The van der Waals surface area contributed by atoms with Crippen LogP contribution >= 0.6 is 0 Å². The summed E-state index contributed by atoms with van der Waals surface area (Å²) in [5.41, 5.74) is 2.60. The van der Waals surface area contributed by atoms with E-state index < -0.39 is 0 Å². The van der Waals surface area contributed by atoms with Crippen molar-refractivity contribution in [2.75, 3.05) is 47.1 Å². The van der Waals surface area contributed by atoms with E-state index >= 15 is 0 Å². The Kier molecular flexibility index (Phi) is 5.46. The quantitative estimate of drug-likeness (QED) is 0.766. The molecule has 1 fully saturated rings. The molecule has 0 spiro atoms. The van der Waals surface area contributed by atoms with E-state index in [-0.39, 0.29) is 0 Å². The van der Waals surface area contributed by atoms with Crippen LogP contribution in [0.25, 0.3) is 6.08 Å². The molecule has 0 aromatic heterocycles. The van der Waals surface area contributed by atoms with Crippen molar-refractivity contribution in [2.45, 2.75) is 6.42 Å². The van der Waals surface area contributed by atoms with E-state index in [1.165, 1.54) is 0 Å². The molecular formula is C19H22N2O4. The SMILES string of the molecule is COc1cc(CC(C#N)=CN2CCOCC2)c2c(c1OC)OCC=C2. The van der Waals surface area contributed by atoms with E-state index in [9.17, 15) is 5.26 Å². The van der Waals surface area contributed by atoms with Crippen molar-refractivity contribution in [3.8, 4) is 23.3 Å². The second kappa shape index (κ2) is 7.95. The smallest absolute Gasteiger partial charge is 0.203 e. The molecule has 2 aliphatic heterocycles. The van der Waals surface area contributed by atoms with Gasteiger partial charge in [0, 0.05) is 36.8 Å². The fraction of sp³-hybridized carbons (Fsp3) is 0.421. The predicted octanol–water partition coefficient (Wildman–Crippen LogP) is 2.39. The number of morpholine rings is 1. The van der Waals surface area contributed by atoms with E-state index in [1.807, 2.05) is 24.4 Å². The zero-order valence-electron chi connectivity index (χ0n) is 14.6. The normalized spacial score (nSPS) is 16.7. The summed E-state index contributed by atoms with van der Waals surface area (Å²) in [5.74, 6) is 1.86. The third-order valence-electron chi connectivity index (χ3n) is 4.27. The van der Waals surface area contributed by atoms with Crippen molar-refractivity contribution < 1.29 is 18.9 Å². The number of allylic oxidation sites excluding steroid dienone is 1. The lowest BCUT2D eigenvalue weighted by Gasteiger charge is -2.26. The van der Waals surface area contributed by atoms with E-state index in [1.54, 1.807) is 14.2 Å². The molecule has 1 aromatic carbocycles. The summed E-state index contributed by atoms with van der Waals surface area (Å²) in [4.78, 5) is 2.13. The van der Waals surface area contributed by atoms with Crippen LogP contribution in [0.15, 0.2) is 23.9 Å². The first-order chi connectivity index (χ1) is 12.3. The van der Waals surface area contributed by atoms with Gasteiger partial charge in [0.1, 0.15) is 6.61 Å². The largest absolute Gasteiger partial charge is 0.493 e. The van der Waals surface area contributed by atoms with E-state index in [0.29, 0.717) is 49.1 Å². The van der Waals surface area contributed by atoms with Gasteiger partial charge in [-0.05, 0) is 17.7 Å². The first-order valence-corrected chi connectivity index (χ1v) is 8.26. The van der Waals surface area contributed by atoms with Crippen LogP contribution in [0, 0.1) is 11.3 Å². The van der Waals surface area contributed by atoms with Crippen LogP contribution in [0.2, 0.25) is 0 Å². The van der Waals surface area contributed by atoms with Gasteiger partial charge in [0.05, 0.1) is 33.5 Å². The lowest BCUT2D eigenvalue weighted by molar-refractivity contribution is 0.0591. The maximum Gasteiger partial charge on any atom is 0.203 e. The van der Waals surface area contributed by atoms with Gasteiger partial charge in [0.2, 0.25) is 5.75 Å². The summed E-state index contributed by atoms with van der Waals surface area (Å²) in [5, 5.41) is 9.57. The number of hydrogen-bond acceptors (Lipinski definition) is 6. The molecule has 3 rings (SSSR count). The maximum absolute atomic E-state index is 9.57. The van der Waals surface area contributed by atoms with Crippen molar-refractivity contribution in [3.05, 3.63) is 35.0 Å². The lowest BCUT2D eigenvalue weighted by atomic mass is 9.97. The lowest BCUT2D eigenvalue weighted by Crippen LogP contribution is -2.32. The summed E-state index contributed by atoms with van der Waals surface area (Å²) >= 11 is 0. The number of benzene rings is 1. The van der Waals surface area contributed by atoms with Gasteiger partial charge >= 0.3 is 0 Å². The fourth-order valence-electron chi connectivity index (χ4n) is 3.04. The van der Waals surface area contributed by atoms with Crippen LogP contribution in [0.5, 0.6) is 17.2 Å². The number of rotatable bonds is 5. The molecule has 1 aromatic rings. The summed E-state index contributed by atoms with van der Waals surface area (Å²) < 4.78 is 22.0. The molecule has 0 bridgehead atoms. The molecule has 0 N–H and O–H groups in total. The molecule has 0 amide bonds. The van der Waals surface area contributed by atoms with Gasteiger partial charge in [-0.25, -0.2) is 0 Å². The molecular weight excluding hydrogens is 320 g/mol.